The molecule has 0 bridgehead atoms. The van der Waals surface area contributed by atoms with E-state index in [0.29, 0.717) is 5.25 Å². The molecule has 10 heteroatoms. The summed E-state index contributed by atoms with van der Waals surface area (Å²) >= 11 is 1.21. The maximum Gasteiger partial charge on any atom is 0.408 e. The maximum atomic E-state index is 13.2. The number of rotatable bonds is 5. The van der Waals surface area contributed by atoms with E-state index < -0.39 is 30.5 Å². The van der Waals surface area contributed by atoms with Gasteiger partial charge < -0.3 is 5.32 Å². The molecule has 140 valence electrons. The highest BCUT2D eigenvalue weighted by atomic mass is 32.2. The van der Waals surface area contributed by atoms with Crippen LogP contribution >= 0.6 is 11.9 Å². The quantitative estimate of drug-likeness (QED) is 0.602. The van der Waals surface area contributed by atoms with Gasteiger partial charge in [0.05, 0.1) is 11.7 Å². The minimum Gasteiger partial charge on any atom is -0.340 e. The molecule has 2 aliphatic carbocycles. The Bertz CT molecular complexity index is 781. The highest BCUT2D eigenvalue weighted by Gasteiger charge is 2.46. The van der Waals surface area contributed by atoms with Gasteiger partial charge in [-0.15, -0.1) is 0 Å². The van der Waals surface area contributed by atoms with Crippen LogP contribution in [0.25, 0.3) is 5.57 Å². The fourth-order valence-corrected chi connectivity index (χ4v) is 3.56. The normalized spacial score (nSPS) is 23.8. The molecule has 2 N–H and O–H groups in total. The van der Waals surface area contributed by atoms with Crippen molar-refractivity contribution < 1.29 is 22.8 Å². The van der Waals surface area contributed by atoms with Crippen molar-refractivity contribution in [3.63, 3.8) is 0 Å². The van der Waals surface area contributed by atoms with Gasteiger partial charge in [-0.2, -0.15) is 18.3 Å². The number of nitrogens with zero attached hydrogens (tertiary/aromatic N) is 2. The Kier molecular flexibility index (Phi) is 4.25. The van der Waals surface area contributed by atoms with Gasteiger partial charge in [0.25, 0.3) is 11.8 Å². The van der Waals surface area contributed by atoms with E-state index in [2.05, 4.69) is 9.82 Å². The van der Waals surface area contributed by atoms with Crippen LogP contribution in [0.15, 0.2) is 17.8 Å². The second-order valence-corrected chi connectivity index (χ2v) is 7.89. The molecule has 26 heavy (non-hydrogen) atoms. The molecule has 1 aliphatic heterocycles. The Morgan fingerprint density at radius 1 is 1.31 bits per heavy atom. The second kappa shape index (κ2) is 6.33. The van der Waals surface area contributed by atoms with Crippen LogP contribution in [0.1, 0.15) is 43.8 Å². The number of hydrogen-bond acceptors (Lipinski definition) is 4. The molecule has 0 radical (unpaired) electrons. The van der Waals surface area contributed by atoms with Crippen LogP contribution < -0.4 is 10.0 Å². The van der Waals surface area contributed by atoms with Crippen LogP contribution in [0, 0.1) is 0 Å². The SMILES string of the molecule is O=C(NSC1CC1)C1=C(c2ccn(C3CC3)n2)CC(C(F)(F)F)NC1=O. The summed E-state index contributed by atoms with van der Waals surface area (Å²) < 4.78 is 43.8. The zero-order chi connectivity index (χ0) is 18.5. The molecule has 2 saturated carbocycles. The summed E-state index contributed by atoms with van der Waals surface area (Å²) in [6.07, 6.45) is 0.479. The smallest absolute Gasteiger partial charge is 0.340 e. The van der Waals surface area contributed by atoms with E-state index >= 15 is 0 Å². The topological polar surface area (TPSA) is 76.0 Å². The summed E-state index contributed by atoms with van der Waals surface area (Å²) in [5.41, 5.74) is 0.0200. The largest absolute Gasteiger partial charge is 0.408 e. The zero-order valence-electron chi connectivity index (χ0n) is 13.7. The number of nitrogens with one attached hydrogen (secondary N) is 2. The highest BCUT2D eigenvalue weighted by molar-refractivity contribution is 7.98. The van der Waals surface area contributed by atoms with Crippen LogP contribution in [0.4, 0.5) is 13.2 Å². The molecule has 4 rings (SSSR count). The molecule has 2 fully saturated rings. The second-order valence-electron chi connectivity index (χ2n) is 6.79. The van der Waals surface area contributed by atoms with E-state index in [1.54, 1.807) is 16.9 Å². The number of carbonyl (C=O) groups excluding carboxylic acids is 2. The van der Waals surface area contributed by atoms with E-state index in [1.165, 1.54) is 11.9 Å². The lowest BCUT2D eigenvalue weighted by molar-refractivity contribution is -0.160. The molecule has 0 spiro atoms. The Morgan fingerprint density at radius 2 is 2.04 bits per heavy atom. The fourth-order valence-electron chi connectivity index (χ4n) is 2.81. The summed E-state index contributed by atoms with van der Waals surface area (Å²) in [4.78, 5) is 24.8. The molecule has 1 atom stereocenters. The first-order valence-electron chi connectivity index (χ1n) is 8.45. The number of amides is 2. The summed E-state index contributed by atoms with van der Waals surface area (Å²) in [6.45, 7) is 0. The lowest BCUT2D eigenvalue weighted by atomic mass is 9.92. The molecule has 0 saturated heterocycles. The third-order valence-electron chi connectivity index (χ3n) is 4.55. The van der Waals surface area contributed by atoms with Crippen molar-refractivity contribution in [2.24, 2.45) is 0 Å². The lowest BCUT2D eigenvalue weighted by Gasteiger charge is -2.28. The van der Waals surface area contributed by atoms with Crippen molar-refractivity contribution in [1.29, 1.82) is 0 Å². The fraction of sp³-hybridized carbons (Fsp3) is 0.562. The van der Waals surface area contributed by atoms with E-state index in [9.17, 15) is 22.8 Å². The van der Waals surface area contributed by atoms with Crippen molar-refractivity contribution in [1.82, 2.24) is 19.8 Å². The van der Waals surface area contributed by atoms with Gasteiger partial charge in [0.15, 0.2) is 0 Å². The molecule has 6 nitrogen and oxygen atoms in total. The van der Waals surface area contributed by atoms with Crippen molar-refractivity contribution in [3.05, 3.63) is 23.5 Å². The number of aromatic nitrogens is 2. The van der Waals surface area contributed by atoms with Gasteiger partial charge in [-0.1, -0.05) is 0 Å². The average molecular weight is 386 g/mol. The summed E-state index contributed by atoms with van der Waals surface area (Å²) in [5, 5.41) is 6.53. The predicted molar refractivity (Wildman–Crippen MR) is 88.8 cm³/mol. The first kappa shape index (κ1) is 17.4. The summed E-state index contributed by atoms with van der Waals surface area (Å²) in [6, 6.07) is -0.201. The van der Waals surface area contributed by atoms with Gasteiger partial charge in [0.1, 0.15) is 11.6 Å². The first-order chi connectivity index (χ1) is 12.3. The Balaban J connectivity index is 1.67. The minimum absolute atomic E-state index is 0.0457. The molecule has 2 amide bonds. The van der Waals surface area contributed by atoms with Crippen molar-refractivity contribution >= 4 is 29.3 Å². The molecule has 1 aromatic rings. The molecule has 3 aliphatic rings. The minimum atomic E-state index is -4.59. The van der Waals surface area contributed by atoms with Crippen LogP contribution in [-0.4, -0.2) is 39.1 Å². The zero-order valence-corrected chi connectivity index (χ0v) is 14.5. The molecular formula is C16H17F3N4O2S. The lowest BCUT2D eigenvalue weighted by Crippen LogP contribution is -2.50. The Morgan fingerprint density at radius 3 is 2.65 bits per heavy atom. The van der Waals surface area contributed by atoms with Crippen molar-refractivity contribution in [2.75, 3.05) is 0 Å². The van der Waals surface area contributed by atoms with E-state index in [0.717, 1.165) is 25.7 Å². The van der Waals surface area contributed by atoms with Crippen LogP contribution in [-0.2, 0) is 9.59 Å². The van der Waals surface area contributed by atoms with E-state index in [4.69, 9.17) is 0 Å². The molecule has 2 heterocycles. The van der Waals surface area contributed by atoms with Gasteiger partial charge in [0, 0.05) is 23.4 Å². The number of carbonyl (C=O) groups is 2. The third-order valence-corrected chi connectivity index (χ3v) is 5.65. The number of halogens is 3. The summed E-state index contributed by atoms with van der Waals surface area (Å²) in [7, 11) is 0. The number of alkyl halides is 3. The monoisotopic (exact) mass is 386 g/mol. The Labute approximate surface area is 151 Å². The predicted octanol–water partition coefficient (Wildman–Crippen LogP) is 2.35. The van der Waals surface area contributed by atoms with Crippen molar-refractivity contribution in [2.45, 2.75) is 55.6 Å². The van der Waals surface area contributed by atoms with E-state index in [-0.39, 0.29) is 22.9 Å². The van der Waals surface area contributed by atoms with Gasteiger partial charge in [-0.3, -0.25) is 19.0 Å². The molecule has 1 aromatic heterocycles. The van der Waals surface area contributed by atoms with Crippen LogP contribution in [0.5, 0.6) is 0 Å². The standard InChI is InChI=1S/C16H17F3N4O2S/c17-16(18,19)12-7-10(11-5-6-23(21-11)8-1-2-8)13(14(24)20-12)15(25)22-26-9-3-4-9/h5-6,8-9,12H,1-4,7H2,(H,20,24)(H,22,25). The van der Waals surface area contributed by atoms with Gasteiger partial charge in [-0.25, -0.2) is 0 Å². The molecule has 0 aromatic carbocycles. The molecule has 1 unspecified atom stereocenters. The van der Waals surface area contributed by atoms with Crippen LogP contribution in [0.3, 0.4) is 0 Å². The highest BCUT2D eigenvalue weighted by Crippen LogP contribution is 2.38. The van der Waals surface area contributed by atoms with Crippen LogP contribution in [0.2, 0.25) is 0 Å². The third kappa shape index (κ3) is 3.60. The van der Waals surface area contributed by atoms with Gasteiger partial charge in [0.2, 0.25) is 0 Å². The first-order valence-corrected chi connectivity index (χ1v) is 9.33. The van der Waals surface area contributed by atoms with Crippen molar-refractivity contribution in [3.8, 4) is 0 Å². The van der Waals surface area contributed by atoms with Gasteiger partial charge in [-0.05, 0) is 43.7 Å². The molecular weight excluding hydrogens is 369 g/mol. The Hall–Kier alpha value is -1.97. The van der Waals surface area contributed by atoms with E-state index in [1.807, 2.05) is 5.32 Å². The average Bonchev–Trinajstić information content (AvgIpc) is 3.50. The maximum absolute atomic E-state index is 13.2. The summed E-state index contributed by atoms with van der Waals surface area (Å²) in [5.74, 6) is -1.68. The van der Waals surface area contributed by atoms with Gasteiger partial charge >= 0.3 is 6.18 Å². The number of hydrogen-bond donors (Lipinski definition) is 2.